The molecule has 0 aromatic heterocycles. The van der Waals surface area contributed by atoms with Crippen molar-refractivity contribution < 1.29 is 9.53 Å². The lowest BCUT2D eigenvalue weighted by Crippen LogP contribution is -2.52. The van der Waals surface area contributed by atoms with Crippen molar-refractivity contribution >= 4 is 33.2 Å². The van der Waals surface area contributed by atoms with Gasteiger partial charge in [0.1, 0.15) is 0 Å². The van der Waals surface area contributed by atoms with Gasteiger partial charge in [0.05, 0.1) is 30.6 Å². The van der Waals surface area contributed by atoms with E-state index >= 15 is 0 Å². The normalized spacial score (nSPS) is 19.1. The molecule has 1 aromatic carbocycles. The Kier molecular flexibility index (Phi) is 5.08. The zero-order valence-corrected chi connectivity index (χ0v) is 13.6. The number of ether oxygens (including phenoxy) is 1. The van der Waals surface area contributed by atoms with Gasteiger partial charge >= 0.3 is 0 Å². The summed E-state index contributed by atoms with van der Waals surface area (Å²) < 4.78 is 6.06. The summed E-state index contributed by atoms with van der Waals surface area (Å²) in [6.07, 6.45) is 0. The molecule has 0 aliphatic carbocycles. The minimum absolute atomic E-state index is 0.0835. The summed E-state index contributed by atoms with van der Waals surface area (Å²) in [7, 11) is 0. The van der Waals surface area contributed by atoms with E-state index in [2.05, 4.69) is 20.8 Å². The summed E-state index contributed by atoms with van der Waals surface area (Å²) in [5.41, 5.74) is 19.3. The van der Waals surface area contributed by atoms with Crippen LogP contribution in [0.25, 0.3) is 0 Å². The number of anilines is 2. The molecule has 1 saturated heterocycles. The van der Waals surface area contributed by atoms with Gasteiger partial charge in [-0.2, -0.15) is 0 Å². The highest BCUT2D eigenvalue weighted by Gasteiger charge is 2.31. The smallest absolute Gasteiger partial charge is 0.235 e. The topological polar surface area (TPSA) is 108 Å². The number of carbonyl (C=O) groups excluding carboxylic acids is 1. The number of morpholine rings is 1. The van der Waals surface area contributed by atoms with Crippen molar-refractivity contribution in [3.8, 4) is 0 Å². The predicted octanol–water partition coefficient (Wildman–Crippen LogP) is 0.903. The fourth-order valence-corrected chi connectivity index (χ4v) is 3.20. The van der Waals surface area contributed by atoms with Gasteiger partial charge in [-0.05, 0) is 33.6 Å². The van der Waals surface area contributed by atoms with Crippen LogP contribution in [0.5, 0.6) is 0 Å². The maximum atomic E-state index is 11.9. The van der Waals surface area contributed by atoms with E-state index in [4.69, 9.17) is 21.9 Å². The van der Waals surface area contributed by atoms with Crippen molar-refractivity contribution in [3.63, 3.8) is 0 Å². The molecule has 0 saturated carbocycles. The molecule has 2 unspecified atom stereocenters. The Morgan fingerprint density at radius 1 is 1.33 bits per heavy atom. The van der Waals surface area contributed by atoms with Crippen molar-refractivity contribution in [1.82, 2.24) is 4.90 Å². The van der Waals surface area contributed by atoms with Crippen LogP contribution in [0, 0.1) is 0 Å². The Bertz CT molecular complexity index is 509. The Balaban J connectivity index is 2.29. The summed E-state index contributed by atoms with van der Waals surface area (Å²) in [5.74, 6) is -0.421. The van der Waals surface area contributed by atoms with E-state index in [1.165, 1.54) is 0 Å². The van der Waals surface area contributed by atoms with Crippen LogP contribution in [0.1, 0.15) is 18.4 Å². The predicted molar refractivity (Wildman–Crippen MR) is 86.8 cm³/mol. The number of amides is 1. The number of halogens is 1. The molecule has 6 N–H and O–H groups in total. The Labute approximate surface area is 132 Å². The van der Waals surface area contributed by atoms with Crippen LogP contribution in [-0.2, 0) is 9.53 Å². The van der Waals surface area contributed by atoms with E-state index in [0.717, 1.165) is 10.0 Å². The molecule has 0 spiro atoms. The van der Waals surface area contributed by atoms with E-state index in [1.54, 1.807) is 6.07 Å². The van der Waals surface area contributed by atoms with Crippen LogP contribution in [-0.4, -0.2) is 43.2 Å². The first-order valence-corrected chi connectivity index (χ1v) is 7.66. The summed E-state index contributed by atoms with van der Waals surface area (Å²) in [4.78, 5) is 14.0. The largest absolute Gasteiger partial charge is 0.397 e. The Morgan fingerprint density at radius 2 is 1.95 bits per heavy atom. The number of hydrogen-bond donors (Lipinski definition) is 3. The minimum Gasteiger partial charge on any atom is -0.397 e. The lowest BCUT2D eigenvalue weighted by molar-refractivity contribution is -0.125. The molecule has 0 bridgehead atoms. The highest BCUT2D eigenvalue weighted by Crippen LogP contribution is 2.33. The van der Waals surface area contributed by atoms with Gasteiger partial charge in [0.2, 0.25) is 5.91 Å². The SMILES string of the molecule is CC(c1cc(N)c(N)c(Br)c1)C(C(N)=O)N1CCOCC1. The van der Waals surface area contributed by atoms with Crippen LogP contribution in [0.4, 0.5) is 11.4 Å². The molecule has 1 aliphatic heterocycles. The Morgan fingerprint density at radius 3 is 2.48 bits per heavy atom. The third-order valence-corrected chi connectivity index (χ3v) is 4.57. The second kappa shape index (κ2) is 6.64. The zero-order valence-electron chi connectivity index (χ0n) is 12.0. The van der Waals surface area contributed by atoms with Crippen molar-refractivity contribution in [1.29, 1.82) is 0 Å². The van der Waals surface area contributed by atoms with Gasteiger partial charge in [-0.25, -0.2) is 0 Å². The van der Waals surface area contributed by atoms with Crippen LogP contribution >= 0.6 is 15.9 Å². The highest BCUT2D eigenvalue weighted by molar-refractivity contribution is 9.10. The standard InChI is InChI=1S/C14H21BrN4O2/c1-8(9-6-10(15)12(17)11(16)7-9)13(14(18)20)19-2-4-21-5-3-19/h6-8,13H,2-5,16-17H2,1H3,(H2,18,20). The van der Waals surface area contributed by atoms with Crippen LogP contribution in [0.15, 0.2) is 16.6 Å². The number of nitrogens with zero attached hydrogens (tertiary/aromatic N) is 1. The minimum atomic E-state index is -0.385. The number of benzene rings is 1. The van der Waals surface area contributed by atoms with E-state index in [-0.39, 0.29) is 17.9 Å². The van der Waals surface area contributed by atoms with Crippen LogP contribution in [0.3, 0.4) is 0 Å². The quantitative estimate of drug-likeness (QED) is 0.694. The monoisotopic (exact) mass is 356 g/mol. The average molecular weight is 357 g/mol. The lowest BCUT2D eigenvalue weighted by atomic mass is 9.90. The van der Waals surface area contributed by atoms with E-state index in [1.807, 2.05) is 13.0 Å². The molecule has 21 heavy (non-hydrogen) atoms. The zero-order chi connectivity index (χ0) is 15.6. The molecular formula is C14H21BrN4O2. The number of rotatable bonds is 4. The molecule has 6 nitrogen and oxygen atoms in total. The number of carbonyl (C=O) groups is 1. The first-order chi connectivity index (χ1) is 9.91. The molecule has 1 aliphatic rings. The molecule has 1 fully saturated rings. The second-order valence-corrected chi connectivity index (χ2v) is 6.14. The van der Waals surface area contributed by atoms with Crippen molar-refractivity contribution in [3.05, 3.63) is 22.2 Å². The van der Waals surface area contributed by atoms with Gasteiger partial charge in [0.25, 0.3) is 0 Å². The van der Waals surface area contributed by atoms with Gasteiger partial charge in [0.15, 0.2) is 0 Å². The van der Waals surface area contributed by atoms with Gasteiger partial charge in [-0.1, -0.05) is 6.92 Å². The van der Waals surface area contributed by atoms with E-state index < -0.39 is 0 Å². The van der Waals surface area contributed by atoms with Crippen molar-refractivity contribution in [2.24, 2.45) is 5.73 Å². The summed E-state index contributed by atoms with van der Waals surface area (Å²) in [5, 5.41) is 0. The Hall–Kier alpha value is -1.31. The first-order valence-electron chi connectivity index (χ1n) is 6.87. The first kappa shape index (κ1) is 16.1. The van der Waals surface area contributed by atoms with Gasteiger partial charge < -0.3 is 21.9 Å². The summed E-state index contributed by atoms with van der Waals surface area (Å²) >= 11 is 3.39. The molecule has 116 valence electrons. The average Bonchev–Trinajstić information content (AvgIpc) is 2.45. The fourth-order valence-electron chi connectivity index (χ4n) is 2.70. The molecule has 1 aromatic rings. The van der Waals surface area contributed by atoms with Crippen molar-refractivity contribution in [2.75, 3.05) is 37.8 Å². The van der Waals surface area contributed by atoms with Gasteiger partial charge in [0, 0.05) is 23.5 Å². The van der Waals surface area contributed by atoms with E-state index in [9.17, 15) is 4.79 Å². The number of nitrogen functional groups attached to an aromatic ring is 2. The fraction of sp³-hybridized carbons (Fsp3) is 0.500. The highest BCUT2D eigenvalue weighted by atomic mass is 79.9. The van der Waals surface area contributed by atoms with Gasteiger partial charge in [-0.3, -0.25) is 9.69 Å². The molecule has 1 heterocycles. The summed E-state index contributed by atoms with van der Waals surface area (Å²) in [6, 6.07) is 3.32. The summed E-state index contributed by atoms with van der Waals surface area (Å²) in [6.45, 7) is 4.60. The third-order valence-electron chi connectivity index (χ3n) is 3.91. The maximum Gasteiger partial charge on any atom is 0.235 e. The maximum absolute atomic E-state index is 11.9. The number of hydrogen-bond acceptors (Lipinski definition) is 5. The van der Waals surface area contributed by atoms with Gasteiger partial charge in [-0.15, -0.1) is 0 Å². The molecule has 0 radical (unpaired) electrons. The number of primary amides is 1. The molecular weight excluding hydrogens is 336 g/mol. The molecule has 2 atom stereocenters. The third kappa shape index (κ3) is 3.48. The molecule has 7 heteroatoms. The van der Waals surface area contributed by atoms with Crippen LogP contribution in [0.2, 0.25) is 0 Å². The van der Waals surface area contributed by atoms with E-state index in [0.29, 0.717) is 37.7 Å². The lowest BCUT2D eigenvalue weighted by Gasteiger charge is -2.36. The second-order valence-electron chi connectivity index (χ2n) is 5.29. The molecule has 2 rings (SSSR count). The van der Waals surface area contributed by atoms with Crippen LogP contribution < -0.4 is 17.2 Å². The van der Waals surface area contributed by atoms with Crippen molar-refractivity contribution in [2.45, 2.75) is 18.9 Å². The molecule has 1 amide bonds. The number of nitrogens with two attached hydrogens (primary N) is 3.